The molecule has 0 aliphatic heterocycles. The van der Waals surface area contributed by atoms with Gasteiger partial charge in [0.2, 0.25) is 0 Å². The highest BCUT2D eigenvalue weighted by molar-refractivity contribution is 5.95. The number of aromatic nitrogens is 3. The van der Waals surface area contributed by atoms with Crippen LogP contribution < -0.4 is 11.0 Å². The third kappa shape index (κ3) is 3.30. The Morgan fingerprint density at radius 1 is 1.19 bits per heavy atom. The van der Waals surface area contributed by atoms with Crippen molar-refractivity contribution in [2.24, 2.45) is 4.99 Å². The molecule has 0 bridgehead atoms. The first kappa shape index (κ1) is 20.2. The monoisotopic (exact) mass is 415 g/mol. The number of amides is 1. The molecule has 0 radical (unpaired) electrons. The maximum atomic E-state index is 14.1. The molecule has 0 atom stereocenters. The van der Waals surface area contributed by atoms with Crippen molar-refractivity contribution >= 4 is 22.6 Å². The summed E-state index contributed by atoms with van der Waals surface area (Å²) in [5.41, 5.74) is 1.08. The largest absolute Gasteiger partial charge is 0.306 e. The number of hydrogen-bond donors (Lipinski definition) is 0. The summed E-state index contributed by atoms with van der Waals surface area (Å²) in [5, 5.41) is 9.96. The maximum absolute atomic E-state index is 14.1. The van der Waals surface area contributed by atoms with Crippen LogP contribution in [-0.4, -0.2) is 19.9 Å². The number of fused-ring (bicyclic) bond motifs is 2. The average molecular weight is 415 g/mol. The van der Waals surface area contributed by atoms with Crippen LogP contribution in [0.3, 0.4) is 0 Å². The Kier molecular flexibility index (Phi) is 4.95. The standard InChI is InChI=1S/C23H18FN5O2/c1-13(2)29-20(27-22(30)16-8-4-5-9-18(16)24)15(12-25)11-17-21(29)26-19-14(3)7-6-10-28(19)23(17)31/h4-11,13H,1-3H3. The molecule has 0 saturated heterocycles. The molecule has 0 N–H and O–H groups in total. The van der Waals surface area contributed by atoms with Crippen LogP contribution in [0.15, 0.2) is 58.4 Å². The number of nitrogens with zero attached hydrogens (tertiary/aromatic N) is 5. The van der Waals surface area contributed by atoms with Crippen molar-refractivity contribution in [1.29, 1.82) is 5.26 Å². The zero-order valence-electron chi connectivity index (χ0n) is 17.1. The van der Waals surface area contributed by atoms with Crippen LogP contribution in [0.25, 0.3) is 16.7 Å². The van der Waals surface area contributed by atoms with Crippen molar-refractivity contribution in [3.05, 3.63) is 87.0 Å². The topological polar surface area (TPSA) is 92.5 Å². The zero-order chi connectivity index (χ0) is 22.3. The molecule has 0 saturated carbocycles. The lowest BCUT2D eigenvalue weighted by molar-refractivity contribution is 0.0993. The van der Waals surface area contributed by atoms with Crippen LogP contribution in [-0.2, 0) is 0 Å². The number of aryl methyl sites for hydroxylation is 1. The Bertz CT molecular complexity index is 1540. The fraction of sp³-hybridized carbons (Fsp3) is 0.174. The van der Waals surface area contributed by atoms with E-state index in [1.54, 1.807) is 16.8 Å². The van der Waals surface area contributed by atoms with Crippen LogP contribution in [0.4, 0.5) is 4.39 Å². The predicted octanol–water partition coefficient (Wildman–Crippen LogP) is 3.29. The van der Waals surface area contributed by atoms with Crippen molar-refractivity contribution in [3.63, 3.8) is 0 Å². The third-order valence-corrected chi connectivity index (χ3v) is 5.00. The molecular weight excluding hydrogens is 397 g/mol. The summed E-state index contributed by atoms with van der Waals surface area (Å²) in [6.45, 7) is 5.49. The molecule has 8 heteroatoms. The average Bonchev–Trinajstić information content (AvgIpc) is 2.74. The number of carbonyl (C=O) groups is 1. The highest BCUT2D eigenvalue weighted by atomic mass is 19.1. The quantitative estimate of drug-likeness (QED) is 0.470. The second kappa shape index (κ2) is 7.61. The van der Waals surface area contributed by atoms with Crippen molar-refractivity contribution in [2.45, 2.75) is 26.8 Å². The van der Waals surface area contributed by atoms with E-state index in [1.807, 2.05) is 32.9 Å². The number of rotatable bonds is 2. The lowest BCUT2D eigenvalue weighted by Crippen LogP contribution is -2.30. The van der Waals surface area contributed by atoms with Crippen molar-refractivity contribution in [3.8, 4) is 6.07 Å². The van der Waals surface area contributed by atoms with Crippen molar-refractivity contribution < 1.29 is 9.18 Å². The summed E-state index contributed by atoms with van der Waals surface area (Å²) in [5.74, 6) is -1.53. The lowest BCUT2D eigenvalue weighted by atomic mass is 10.2. The fourth-order valence-corrected chi connectivity index (χ4v) is 3.53. The van der Waals surface area contributed by atoms with Crippen molar-refractivity contribution in [2.75, 3.05) is 0 Å². The van der Waals surface area contributed by atoms with Crippen LogP contribution in [0, 0.1) is 24.1 Å². The Hall–Kier alpha value is -4.12. The number of benzene rings is 1. The van der Waals surface area contributed by atoms with E-state index in [1.165, 1.54) is 34.7 Å². The van der Waals surface area contributed by atoms with Crippen LogP contribution in [0.2, 0.25) is 0 Å². The van der Waals surface area contributed by atoms with Gasteiger partial charge in [0.25, 0.3) is 11.5 Å². The van der Waals surface area contributed by atoms with Gasteiger partial charge in [-0.2, -0.15) is 10.3 Å². The summed E-state index contributed by atoms with van der Waals surface area (Å²) < 4.78 is 17.1. The predicted molar refractivity (Wildman–Crippen MR) is 113 cm³/mol. The van der Waals surface area contributed by atoms with Gasteiger partial charge in [0, 0.05) is 12.2 Å². The van der Waals surface area contributed by atoms with Crippen LogP contribution >= 0.6 is 0 Å². The van der Waals surface area contributed by atoms with Crippen molar-refractivity contribution in [1.82, 2.24) is 14.0 Å². The number of pyridine rings is 2. The summed E-state index contributed by atoms with van der Waals surface area (Å²) in [6, 6.07) is 12.2. The molecule has 0 fully saturated rings. The highest BCUT2D eigenvalue weighted by Gasteiger charge is 2.18. The summed E-state index contributed by atoms with van der Waals surface area (Å²) >= 11 is 0. The third-order valence-electron chi connectivity index (χ3n) is 5.00. The number of hydrogen-bond acceptors (Lipinski definition) is 4. The molecule has 4 rings (SSSR count). The minimum absolute atomic E-state index is 0.0254. The first-order valence-electron chi connectivity index (χ1n) is 9.64. The van der Waals surface area contributed by atoms with E-state index in [0.29, 0.717) is 11.3 Å². The van der Waals surface area contributed by atoms with E-state index >= 15 is 0 Å². The Labute approximate surface area is 176 Å². The number of nitriles is 1. The highest BCUT2D eigenvalue weighted by Crippen LogP contribution is 2.16. The number of carbonyl (C=O) groups excluding carboxylic acids is 1. The first-order valence-corrected chi connectivity index (χ1v) is 9.64. The second-order valence-electron chi connectivity index (χ2n) is 7.39. The molecule has 0 aliphatic rings. The van der Waals surface area contributed by atoms with E-state index in [4.69, 9.17) is 0 Å². The molecule has 3 heterocycles. The Morgan fingerprint density at radius 2 is 1.94 bits per heavy atom. The molecule has 0 unspecified atom stereocenters. The molecule has 1 amide bonds. The van der Waals surface area contributed by atoms with Gasteiger partial charge < -0.3 is 4.57 Å². The van der Waals surface area contributed by atoms with Gasteiger partial charge in [-0.1, -0.05) is 18.2 Å². The second-order valence-corrected chi connectivity index (χ2v) is 7.39. The van der Waals surface area contributed by atoms with Gasteiger partial charge in [-0.15, -0.1) is 0 Å². The fourth-order valence-electron chi connectivity index (χ4n) is 3.53. The summed E-state index contributed by atoms with van der Waals surface area (Å²) in [4.78, 5) is 34.6. The minimum atomic E-state index is -0.822. The van der Waals surface area contributed by atoms with Gasteiger partial charge >= 0.3 is 0 Å². The molecular formula is C23H18FN5O2. The molecule has 3 aromatic heterocycles. The van der Waals surface area contributed by atoms with Gasteiger partial charge in [0.1, 0.15) is 23.2 Å². The van der Waals surface area contributed by atoms with Gasteiger partial charge in [-0.25, -0.2) is 9.37 Å². The number of halogens is 1. The maximum Gasteiger partial charge on any atom is 0.281 e. The molecule has 0 spiro atoms. The normalized spacial score (nSPS) is 11.9. The Balaban J connectivity index is 2.17. The van der Waals surface area contributed by atoms with Gasteiger partial charge in [0.05, 0.1) is 16.5 Å². The van der Waals surface area contributed by atoms with Gasteiger partial charge in [-0.3, -0.25) is 14.0 Å². The SMILES string of the molecule is Cc1cccn2c(=O)c3cc(C#N)c(=NC(=O)c4ccccc4F)n(C(C)C)c3nc12. The molecule has 4 aromatic rings. The lowest BCUT2D eigenvalue weighted by Gasteiger charge is -2.17. The Morgan fingerprint density at radius 3 is 2.61 bits per heavy atom. The van der Waals surface area contributed by atoms with Crippen LogP contribution in [0.5, 0.6) is 0 Å². The van der Waals surface area contributed by atoms with Crippen LogP contribution in [0.1, 0.15) is 41.4 Å². The van der Waals surface area contributed by atoms with E-state index in [-0.39, 0.29) is 33.6 Å². The van der Waals surface area contributed by atoms with Gasteiger partial charge in [-0.05, 0) is 50.6 Å². The van der Waals surface area contributed by atoms with E-state index in [9.17, 15) is 19.2 Å². The molecule has 154 valence electrons. The first-order chi connectivity index (χ1) is 14.8. The van der Waals surface area contributed by atoms with E-state index < -0.39 is 11.7 Å². The van der Waals surface area contributed by atoms with E-state index in [2.05, 4.69) is 9.98 Å². The summed E-state index contributed by atoms with van der Waals surface area (Å²) in [7, 11) is 0. The molecule has 31 heavy (non-hydrogen) atoms. The van der Waals surface area contributed by atoms with E-state index in [0.717, 1.165) is 5.56 Å². The molecule has 0 aliphatic carbocycles. The molecule has 7 nitrogen and oxygen atoms in total. The zero-order valence-corrected chi connectivity index (χ0v) is 17.1. The molecule has 1 aromatic carbocycles. The van der Waals surface area contributed by atoms with Gasteiger partial charge in [0.15, 0.2) is 5.49 Å². The summed E-state index contributed by atoms with van der Waals surface area (Å²) in [6.07, 6.45) is 1.61. The minimum Gasteiger partial charge on any atom is -0.306 e. The smallest absolute Gasteiger partial charge is 0.281 e.